The van der Waals surface area contributed by atoms with E-state index in [0.717, 1.165) is 13.1 Å². The molecule has 74 valence electrons. The molecule has 3 nitrogen and oxygen atoms in total. The van der Waals surface area contributed by atoms with Gasteiger partial charge in [-0.25, -0.2) is 0 Å². The SMILES string of the molecule is Cc1ccc(C2CN=C(N)NC2)cc1. The van der Waals surface area contributed by atoms with Crippen LogP contribution in [0.4, 0.5) is 0 Å². The molecule has 1 heterocycles. The van der Waals surface area contributed by atoms with Gasteiger partial charge in [0.05, 0.1) is 6.54 Å². The van der Waals surface area contributed by atoms with Crippen molar-refractivity contribution in [2.45, 2.75) is 12.8 Å². The first kappa shape index (κ1) is 9.06. The van der Waals surface area contributed by atoms with E-state index in [0.29, 0.717) is 11.9 Å². The van der Waals surface area contributed by atoms with Gasteiger partial charge in [0.1, 0.15) is 0 Å². The van der Waals surface area contributed by atoms with Crippen molar-refractivity contribution in [2.75, 3.05) is 13.1 Å². The maximum atomic E-state index is 5.54. The zero-order valence-corrected chi connectivity index (χ0v) is 8.33. The smallest absolute Gasteiger partial charge is 0.188 e. The molecule has 1 aliphatic heterocycles. The van der Waals surface area contributed by atoms with Crippen LogP contribution in [0.3, 0.4) is 0 Å². The summed E-state index contributed by atoms with van der Waals surface area (Å²) in [5.41, 5.74) is 8.16. The van der Waals surface area contributed by atoms with E-state index >= 15 is 0 Å². The second-order valence-corrected chi connectivity index (χ2v) is 3.71. The Labute approximate surface area is 84.0 Å². The van der Waals surface area contributed by atoms with Gasteiger partial charge in [-0.1, -0.05) is 29.8 Å². The van der Waals surface area contributed by atoms with Crippen molar-refractivity contribution >= 4 is 5.96 Å². The van der Waals surface area contributed by atoms with E-state index in [1.54, 1.807) is 0 Å². The monoisotopic (exact) mass is 189 g/mol. The zero-order valence-electron chi connectivity index (χ0n) is 8.33. The average molecular weight is 189 g/mol. The number of aliphatic imine (C=N–C) groups is 1. The van der Waals surface area contributed by atoms with Crippen LogP contribution in [0.15, 0.2) is 29.3 Å². The van der Waals surface area contributed by atoms with Crippen molar-refractivity contribution in [3.8, 4) is 0 Å². The van der Waals surface area contributed by atoms with E-state index in [-0.39, 0.29) is 0 Å². The number of nitrogens with one attached hydrogen (secondary N) is 1. The fourth-order valence-electron chi connectivity index (χ4n) is 1.62. The van der Waals surface area contributed by atoms with Crippen molar-refractivity contribution in [2.24, 2.45) is 10.7 Å². The topological polar surface area (TPSA) is 50.4 Å². The van der Waals surface area contributed by atoms with Crippen LogP contribution in [0.2, 0.25) is 0 Å². The second-order valence-electron chi connectivity index (χ2n) is 3.71. The first-order chi connectivity index (χ1) is 6.75. The van der Waals surface area contributed by atoms with Crippen LogP contribution in [0.25, 0.3) is 0 Å². The predicted octanol–water partition coefficient (Wildman–Crippen LogP) is 0.997. The Morgan fingerprint density at radius 1 is 1.36 bits per heavy atom. The fraction of sp³-hybridized carbons (Fsp3) is 0.364. The summed E-state index contributed by atoms with van der Waals surface area (Å²) < 4.78 is 0. The van der Waals surface area contributed by atoms with E-state index in [2.05, 4.69) is 41.5 Å². The summed E-state index contributed by atoms with van der Waals surface area (Å²) in [5, 5.41) is 3.07. The maximum Gasteiger partial charge on any atom is 0.188 e. The summed E-state index contributed by atoms with van der Waals surface area (Å²) in [7, 11) is 0. The summed E-state index contributed by atoms with van der Waals surface area (Å²) in [5.74, 6) is 1.02. The van der Waals surface area contributed by atoms with Crippen molar-refractivity contribution in [1.29, 1.82) is 0 Å². The Balaban J connectivity index is 2.13. The maximum absolute atomic E-state index is 5.54. The van der Waals surface area contributed by atoms with Gasteiger partial charge in [-0.2, -0.15) is 0 Å². The largest absolute Gasteiger partial charge is 0.370 e. The minimum atomic E-state index is 0.461. The van der Waals surface area contributed by atoms with Crippen LogP contribution in [0, 0.1) is 6.92 Å². The van der Waals surface area contributed by atoms with Gasteiger partial charge in [0.25, 0.3) is 0 Å². The van der Waals surface area contributed by atoms with Crippen LogP contribution >= 0.6 is 0 Å². The molecule has 0 saturated carbocycles. The third-order valence-corrected chi connectivity index (χ3v) is 2.56. The van der Waals surface area contributed by atoms with Gasteiger partial charge in [-0.3, -0.25) is 4.99 Å². The molecule has 0 aliphatic carbocycles. The number of hydrogen-bond donors (Lipinski definition) is 2. The van der Waals surface area contributed by atoms with Crippen LogP contribution in [0.1, 0.15) is 17.0 Å². The molecule has 1 aliphatic rings. The van der Waals surface area contributed by atoms with Crippen LogP contribution in [-0.4, -0.2) is 19.0 Å². The minimum Gasteiger partial charge on any atom is -0.370 e. The van der Waals surface area contributed by atoms with Crippen LogP contribution in [-0.2, 0) is 0 Å². The van der Waals surface area contributed by atoms with Gasteiger partial charge in [-0.05, 0) is 12.5 Å². The molecule has 1 atom stereocenters. The third-order valence-electron chi connectivity index (χ3n) is 2.56. The molecule has 2 rings (SSSR count). The van der Waals surface area contributed by atoms with Crippen molar-refractivity contribution < 1.29 is 0 Å². The average Bonchev–Trinajstić information content (AvgIpc) is 2.21. The summed E-state index contributed by atoms with van der Waals surface area (Å²) in [6, 6.07) is 8.60. The molecular formula is C11H15N3. The summed E-state index contributed by atoms with van der Waals surface area (Å²) in [4.78, 5) is 4.19. The molecule has 0 spiro atoms. The van der Waals surface area contributed by atoms with Gasteiger partial charge in [-0.15, -0.1) is 0 Å². The lowest BCUT2D eigenvalue weighted by molar-refractivity contribution is 0.635. The lowest BCUT2D eigenvalue weighted by atomic mass is 9.97. The van der Waals surface area contributed by atoms with Crippen LogP contribution < -0.4 is 11.1 Å². The fourth-order valence-corrected chi connectivity index (χ4v) is 1.62. The quantitative estimate of drug-likeness (QED) is 0.692. The molecule has 0 fully saturated rings. The molecule has 14 heavy (non-hydrogen) atoms. The van der Waals surface area contributed by atoms with Crippen LogP contribution in [0.5, 0.6) is 0 Å². The van der Waals surface area contributed by atoms with E-state index < -0.39 is 0 Å². The van der Waals surface area contributed by atoms with Gasteiger partial charge in [0, 0.05) is 12.5 Å². The summed E-state index contributed by atoms with van der Waals surface area (Å²) >= 11 is 0. The Morgan fingerprint density at radius 2 is 2.07 bits per heavy atom. The number of nitrogens with two attached hydrogens (primary N) is 1. The summed E-state index contributed by atoms with van der Waals surface area (Å²) in [6.45, 7) is 3.78. The molecule has 1 aromatic rings. The highest BCUT2D eigenvalue weighted by Crippen LogP contribution is 2.17. The molecule has 0 aromatic heterocycles. The number of rotatable bonds is 1. The number of benzene rings is 1. The lowest BCUT2D eigenvalue weighted by Gasteiger charge is -2.21. The van der Waals surface area contributed by atoms with E-state index in [1.165, 1.54) is 11.1 Å². The van der Waals surface area contributed by atoms with Crippen molar-refractivity contribution in [3.05, 3.63) is 35.4 Å². The molecule has 0 amide bonds. The highest BCUT2D eigenvalue weighted by atomic mass is 15.1. The first-order valence-electron chi connectivity index (χ1n) is 4.86. The standard InChI is InChI=1S/C11H15N3/c1-8-2-4-9(5-3-8)10-6-13-11(12)14-7-10/h2-5,10H,6-7H2,1H3,(H3,12,13,14). The minimum absolute atomic E-state index is 0.461. The second kappa shape index (κ2) is 3.70. The van der Waals surface area contributed by atoms with E-state index in [4.69, 9.17) is 5.73 Å². The number of aryl methyl sites for hydroxylation is 1. The predicted molar refractivity (Wildman–Crippen MR) is 58.4 cm³/mol. The number of hydrogen-bond acceptors (Lipinski definition) is 3. The van der Waals surface area contributed by atoms with Gasteiger partial charge < -0.3 is 11.1 Å². The van der Waals surface area contributed by atoms with Gasteiger partial charge in [0.15, 0.2) is 5.96 Å². The van der Waals surface area contributed by atoms with Gasteiger partial charge in [0.2, 0.25) is 0 Å². The molecule has 1 aromatic carbocycles. The number of guanidine groups is 1. The molecule has 0 saturated heterocycles. The Morgan fingerprint density at radius 3 is 2.64 bits per heavy atom. The molecule has 1 unspecified atom stereocenters. The Hall–Kier alpha value is -1.51. The highest BCUT2D eigenvalue weighted by molar-refractivity contribution is 5.78. The third kappa shape index (κ3) is 1.87. The normalized spacial score (nSPS) is 21.2. The first-order valence-corrected chi connectivity index (χ1v) is 4.86. The van der Waals surface area contributed by atoms with E-state index in [9.17, 15) is 0 Å². The highest BCUT2D eigenvalue weighted by Gasteiger charge is 2.14. The molecule has 3 N–H and O–H groups in total. The van der Waals surface area contributed by atoms with Crippen molar-refractivity contribution in [1.82, 2.24) is 5.32 Å². The van der Waals surface area contributed by atoms with E-state index in [1.807, 2.05) is 0 Å². The van der Waals surface area contributed by atoms with Crippen molar-refractivity contribution in [3.63, 3.8) is 0 Å². The molecule has 3 heteroatoms. The summed E-state index contributed by atoms with van der Waals surface area (Å²) in [6.07, 6.45) is 0. The molecule has 0 radical (unpaired) electrons. The molecule has 0 bridgehead atoms. The van der Waals surface area contributed by atoms with Gasteiger partial charge >= 0.3 is 0 Å². The Bertz CT molecular complexity index is 340. The zero-order chi connectivity index (χ0) is 9.97. The lowest BCUT2D eigenvalue weighted by Crippen LogP contribution is -2.39. The number of nitrogens with zero attached hydrogens (tertiary/aromatic N) is 1. The Kier molecular flexibility index (Phi) is 2.39. The molecular weight excluding hydrogens is 174 g/mol.